The van der Waals surface area contributed by atoms with Crippen LogP contribution < -0.4 is 25.6 Å². The monoisotopic (exact) mass is 693 g/mol. The quantitative estimate of drug-likeness (QED) is 0.117. The number of aromatic nitrogens is 1. The Bertz CT molecular complexity index is 2610. The standard InChI is InChI=1S/C49H35N3Si/c50-36-37-26-28-40(29-27-37)51(38-16-6-1-7-17-38)41-30-32-48-46(34-41)47-35-45(31-33-49(47)52(48)39-18-8-2-9-19-39)53(42-20-10-3-11-21-42,43-22-12-4-13-23-43)44-24-14-5-15-25-44/h1-35H. The Hall–Kier alpha value is -6.93. The predicted molar refractivity (Wildman–Crippen MR) is 224 cm³/mol. The number of anilines is 3. The van der Waals surface area contributed by atoms with Crippen molar-refractivity contribution in [3.8, 4) is 11.8 Å². The Labute approximate surface area is 310 Å². The Balaban J connectivity index is 1.36. The molecule has 0 bridgehead atoms. The van der Waals surface area contributed by atoms with Crippen molar-refractivity contribution in [3.63, 3.8) is 0 Å². The molecule has 0 spiro atoms. The van der Waals surface area contributed by atoms with E-state index in [0.29, 0.717) is 5.56 Å². The van der Waals surface area contributed by atoms with Gasteiger partial charge < -0.3 is 9.47 Å². The summed E-state index contributed by atoms with van der Waals surface area (Å²) in [6.07, 6.45) is 0. The molecule has 8 aromatic carbocycles. The molecule has 0 aliphatic carbocycles. The fraction of sp³-hybridized carbons (Fsp3) is 0. The molecule has 1 aromatic heterocycles. The zero-order valence-corrected chi connectivity index (χ0v) is 30.0. The molecule has 0 N–H and O–H groups in total. The lowest BCUT2D eigenvalue weighted by Gasteiger charge is -2.34. The van der Waals surface area contributed by atoms with Crippen molar-refractivity contribution in [2.45, 2.75) is 0 Å². The normalized spacial score (nSPS) is 11.4. The molecule has 0 saturated heterocycles. The maximum Gasteiger partial charge on any atom is 0.179 e. The van der Waals surface area contributed by atoms with Gasteiger partial charge in [0.1, 0.15) is 0 Å². The third-order valence-electron chi connectivity index (χ3n) is 10.3. The van der Waals surface area contributed by atoms with Gasteiger partial charge in [0.15, 0.2) is 8.07 Å². The van der Waals surface area contributed by atoms with E-state index in [-0.39, 0.29) is 0 Å². The van der Waals surface area contributed by atoms with Gasteiger partial charge in [-0.3, -0.25) is 0 Å². The zero-order chi connectivity index (χ0) is 35.6. The molecule has 0 amide bonds. The van der Waals surface area contributed by atoms with E-state index in [4.69, 9.17) is 0 Å². The van der Waals surface area contributed by atoms with Crippen LogP contribution >= 0.6 is 0 Å². The van der Waals surface area contributed by atoms with Crippen molar-refractivity contribution in [1.82, 2.24) is 4.57 Å². The second-order valence-corrected chi connectivity index (χ2v) is 17.1. The molecule has 1 heterocycles. The van der Waals surface area contributed by atoms with Crippen LogP contribution in [0.25, 0.3) is 27.5 Å². The largest absolute Gasteiger partial charge is 0.310 e. The Morgan fingerprint density at radius 3 is 1.36 bits per heavy atom. The lowest BCUT2D eigenvalue weighted by Crippen LogP contribution is -2.74. The smallest absolute Gasteiger partial charge is 0.179 e. The van der Waals surface area contributed by atoms with Gasteiger partial charge in [-0.15, -0.1) is 0 Å². The molecule has 0 radical (unpaired) electrons. The fourth-order valence-corrected chi connectivity index (χ4v) is 12.8. The summed E-state index contributed by atoms with van der Waals surface area (Å²) in [6.45, 7) is 0. The average Bonchev–Trinajstić information content (AvgIpc) is 3.56. The fourth-order valence-electron chi connectivity index (χ4n) is 8.01. The van der Waals surface area contributed by atoms with Gasteiger partial charge in [-0.05, 0) is 93.5 Å². The number of para-hydroxylation sites is 2. The van der Waals surface area contributed by atoms with Crippen LogP contribution in [-0.4, -0.2) is 12.6 Å². The van der Waals surface area contributed by atoms with Gasteiger partial charge in [0.25, 0.3) is 0 Å². The summed E-state index contributed by atoms with van der Waals surface area (Å²) in [5.41, 5.74) is 7.15. The number of hydrogen-bond acceptors (Lipinski definition) is 2. The molecule has 9 aromatic rings. The van der Waals surface area contributed by atoms with Gasteiger partial charge in [-0.2, -0.15) is 5.26 Å². The van der Waals surface area contributed by atoms with Crippen molar-refractivity contribution in [2.75, 3.05) is 4.90 Å². The molecule has 0 fully saturated rings. The zero-order valence-electron chi connectivity index (χ0n) is 29.0. The highest BCUT2D eigenvalue weighted by Gasteiger charge is 2.41. The number of rotatable bonds is 8. The molecular weight excluding hydrogens is 659 g/mol. The molecule has 0 unspecified atom stereocenters. The van der Waals surface area contributed by atoms with Gasteiger partial charge in [-0.25, -0.2) is 0 Å². The molecule has 53 heavy (non-hydrogen) atoms. The molecule has 4 heteroatoms. The molecule has 0 aliphatic heterocycles. The van der Waals surface area contributed by atoms with Gasteiger partial charge in [0.05, 0.1) is 22.7 Å². The first kappa shape index (κ1) is 32.0. The third kappa shape index (κ3) is 5.52. The van der Waals surface area contributed by atoms with E-state index in [1.807, 2.05) is 30.3 Å². The SMILES string of the molecule is N#Cc1ccc(N(c2ccccc2)c2ccc3c(c2)c2cc([Si](c4ccccc4)(c4ccccc4)c4ccccc4)ccc2n3-c2ccccc2)cc1. The minimum Gasteiger partial charge on any atom is -0.310 e. The van der Waals surface area contributed by atoms with E-state index < -0.39 is 8.07 Å². The number of benzene rings is 8. The third-order valence-corrected chi connectivity index (χ3v) is 15.1. The first-order valence-electron chi connectivity index (χ1n) is 17.9. The average molecular weight is 694 g/mol. The molecule has 0 saturated carbocycles. The topological polar surface area (TPSA) is 32.0 Å². The number of hydrogen-bond donors (Lipinski definition) is 0. The highest BCUT2D eigenvalue weighted by atomic mass is 28.3. The van der Waals surface area contributed by atoms with Crippen molar-refractivity contribution < 1.29 is 0 Å². The van der Waals surface area contributed by atoms with Crippen LogP contribution in [0.2, 0.25) is 0 Å². The molecule has 9 rings (SSSR count). The Morgan fingerprint density at radius 1 is 0.396 bits per heavy atom. The van der Waals surface area contributed by atoms with E-state index >= 15 is 0 Å². The summed E-state index contributed by atoms with van der Waals surface area (Å²) in [5.74, 6) is 0. The van der Waals surface area contributed by atoms with Crippen LogP contribution in [0, 0.1) is 11.3 Å². The second-order valence-electron chi connectivity index (χ2n) is 13.3. The van der Waals surface area contributed by atoms with E-state index in [9.17, 15) is 5.26 Å². The van der Waals surface area contributed by atoms with Gasteiger partial charge in [0, 0.05) is 33.5 Å². The summed E-state index contributed by atoms with van der Waals surface area (Å²) in [5, 5.41) is 17.3. The van der Waals surface area contributed by atoms with Crippen molar-refractivity contribution in [3.05, 3.63) is 218 Å². The lowest BCUT2D eigenvalue weighted by atomic mass is 10.1. The Kier molecular flexibility index (Phi) is 8.24. The first-order valence-corrected chi connectivity index (χ1v) is 19.9. The van der Waals surface area contributed by atoms with Crippen LogP contribution in [-0.2, 0) is 0 Å². The van der Waals surface area contributed by atoms with E-state index in [1.54, 1.807) is 0 Å². The first-order chi connectivity index (χ1) is 26.3. The van der Waals surface area contributed by atoms with E-state index in [2.05, 4.69) is 198 Å². The van der Waals surface area contributed by atoms with Crippen LogP contribution in [0.5, 0.6) is 0 Å². The van der Waals surface area contributed by atoms with Crippen molar-refractivity contribution in [1.29, 1.82) is 5.26 Å². The Morgan fingerprint density at radius 2 is 0.830 bits per heavy atom. The van der Waals surface area contributed by atoms with Gasteiger partial charge >= 0.3 is 0 Å². The molecule has 0 aliphatic rings. The van der Waals surface area contributed by atoms with Crippen LogP contribution in [0.4, 0.5) is 17.1 Å². The molecule has 250 valence electrons. The van der Waals surface area contributed by atoms with Crippen LogP contribution in [0.1, 0.15) is 5.56 Å². The summed E-state index contributed by atoms with van der Waals surface area (Å²) in [7, 11) is -2.77. The van der Waals surface area contributed by atoms with Crippen LogP contribution in [0.15, 0.2) is 212 Å². The number of nitriles is 1. The summed E-state index contributed by atoms with van der Waals surface area (Å²) in [6, 6.07) is 78.5. The number of nitrogens with zero attached hydrogens (tertiary/aromatic N) is 3. The van der Waals surface area contributed by atoms with E-state index in [0.717, 1.165) is 33.8 Å². The summed E-state index contributed by atoms with van der Waals surface area (Å²) >= 11 is 0. The maximum absolute atomic E-state index is 9.55. The highest BCUT2D eigenvalue weighted by molar-refractivity contribution is 7.20. The summed E-state index contributed by atoms with van der Waals surface area (Å²) in [4.78, 5) is 2.27. The predicted octanol–water partition coefficient (Wildman–Crippen LogP) is 9.50. The molecule has 3 nitrogen and oxygen atoms in total. The van der Waals surface area contributed by atoms with Crippen molar-refractivity contribution in [2.24, 2.45) is 0 Å². The second kappa shape index (κ2) is 13.7. The molecule has 0 atom stereocenters. The molecular formula is C49H35N3Si. The lowest BCUT2D eigenvalue weighted by molar-refractivity contribution is 1.18. The maximum atomic E-state index is 9.55. The van der Waals surface area contributed by atoms with Gasteiger partial charge in [-0.1, -0.05) is 140 Å². The summed E-state index contributed by atoms with van der Waals surface area (Å²) < 4.78 is 2.39. The minimum absolute atomic E-state index is 0.638. The van der Waals surface area contributed by atoms with Gasteiger partial charge in [0.2, 0.25) is 0 Å². The van der Waals surface area contributed by atoms with Crippen LogP contribution in [0.3, 0.4) is 0 Å². The van der Waals surface area contributed by atoms with E-state index in [1.165, 1.54) is 31.5 Å². The minimum atomic E-state index is -2.77. The highest BCUT2D eigenvalue weighted by Crippen LogP contribution is 2.39. The van der Waals surface area contributed by atoms with Crippen molar-refractivity contribution >= 4 is 67.7 Å². The number of fused-ring (bicyclic) bond motifs is 3.